The van der Waals surface area contributed by atoms with E-state index in [1.54, 1.807) is 36.2 Å². The van der Waals surface area contributed by atoms with Crippen LogP contribution >= 0.6 is 0 Å². The predicted molar refractivity (Wildman–Crippen MR) is 121 cm³/mol. The number of amides is 3. The number of likely N-dealkylation sites (N-methyl/N-ethyl adjacent to an activating group) is 1. The monoisotopic (exact) mass is 431 g/mol. The largest absolute Gasteiger partial charge is 0.484 e. The summed E-state index contributed by atoms with van der Waals surface area (Å²) in [5, 5.41) is 2.77. The van der Waals surface area contributed by atoms with Crippen molar-refractivity contribution in [2.24, 2.45) is 5.73 Å². The molecule has 1 unspecified atom stereocenters. The quantitative estimate of drug-likeness (QED) is 0.544. The van der Waals surface area contributed by atoms with Gasteiger partial charge in [0.25, 0.3) is 5.91 Å². The second-order valence-corrected chi connectivity index (χ2v) is 7.27. The van der Waals surface area contributed by atoms with E-state index in [0.717, 1.165) is 5.56 Å². The van der Waals surface area contributed by atoms with Gasteiger partial charge in [-0.15, -0.1) is 0 Å². The summed E-state index contributed by atoms with van der Waals surface area (Å²) in [6.07, 6.45) is 0. The number of benzene rings is 3. The van der Waals surface area contributed by atoms with Crippen LogP contribution in [-0.2, 0) is 16.1 Å². The summed E-state index contributed by atoms with van der Waals surface area (Å²) in [5.74, 6) is -0.814. The molecule has 0 aliphatic heterocycles. The van der Waals surface area contributed by atoms with Crippen LogP contribution in [0.25, 0.3) is 0 Å². The average molecular weight is 431 g/mol. The lowest BCUT2D eigenvalue weighted by Crippen LogP contribution is -2.42. The van der Waals surface area contributed by atoms with Crippen molar-refractivity contribution in [3.63, 3.8) is 0 Å². The SMILES string of the molecule is CN(Cc1ccccc1)C(=O)C(NC(=O)COc1ccc(C(N)=O)cc1)c1ccccc1. The van der Waals surface area contributed by atoms with Crippen molar-refractivity contribution in [1.82, 2.24) is 10.2 Å². The van der Waals surface area contributed by atoms with E-state index in [9.17, 15) is 14.4 Å². The second-order valence-electron chi connectivity index (χ2n) is 7.27. The molecule has 32 heavy (non-hydrogen) atoms. The molecule has 0 saturated heterocycles. The maximum Gasteiger partial charge on any atom is 0.258 e. The van der Waals surface area contributed by atoms with E-state index in [2.05, 4.69) is 5.32 Å². The number of ether oxygens (including phenoxy) is 1. The Kier molecular flexibility index (Phi) is 7.59. The van der Waals surface area contributed by atoms with E-state index in [4.69, 9.17) is 10.5 Å². The van der Waals surface area contributed by atoms with Gasteiger partial charge in [0.05, 0.1) is 0 Å². The van der Waals surface area contributed by atoms with Crippen molar-refractivity contribution in [2.45, 2.75) is 12.6 Å². The molecule has 3 aromatic carbocycles. The fourth-order valence-corrected chi connectivity index (χ4v) is 3.16. The Morgan fingerprint density at radius 2 is 1.50 bits per heavy atom. The Bertz CT molecular complexity index is 1050. The van der Waals surface area contributed by atoms with Crippen LogP contribution < -0.4 is 15.8 Å². The zero-order valence-electron chi connectivity index (χ0n) is 17.7. The zero-order chi connectivity index (χ0) is 22.9. The third kappa shape index (κ3) is 6.18. The van der Waals surface area contributed by atoms with E-state index < -0.39 is 17.9 Å². The van der Waals surface area contributed by atoms with Gasteiger partial charge in [0, 0.05) is 19.2 Å². The standard InChI is InChI=1S/C25H25N3O4/c1-28(16-18-8-4-2-5-9-18)25(31)23(19-10-6-3-7-11-19)27-22(29)17-32-21-14-12-20(13-15-21)24(26)30/h2-15,23H,16-17H2,1H3,(H2,26,30)(H,27,29). The normalized spacial score (nSPS) is 11.3. The fraction of sp³-hybridized carbons (Fsp3) is 0.160. The number of carbonyl (C=O) groups is 3. The Morgan fingerprint density at radius 3 is 2.09 bits per heavy atom. The minimum Gasteiger partial charge on any atom is -0.484 e. The number of hydrogen-bond acceptors (Lipinski definition) is 4. The van der Waals surface area contributed by atoms with Crippen molar-refractivity contribution < 1.29 is 19.1 Å². The molecule has 0 fully saturated rings. The number of rotatable bonds is 9. The number of nitrogens with two attached hydrogens (primary N) is 1. The van der Waals surface area contributed by atoms with Crippen molar-refractivity contribution in [3.05, 3.63) is 102 Å². The van der Waals surface area contributed by atoms with Crippen LogP contribution in [0.3, 0.4) is 0 Å². The summed E-state index contributed by atoms with van der Waals surface area (Å²) in [4.78, 5) is 38.5. The van der Waals surface area contributed by atoms with E-state index in [-0.39, 0.29) is 12.5 Å². The van der Waals surface area contributed by atoms with Gasteiger partial charge in [-0.25, -0.2) is 0 Å². The molecule has 0 aliphatic carbocycles. The van der Waals surface area contributed by atoms with Gasteiger partial charge in [0.2, 0.25) is 11.8 Å². The van der Waals surface area contributed by atoms with E-state index in [1.165, 1.54) is 12.1 Å². The second kappa shape index (κ2) is 10.8. The van der Waals surface area contributed by atoms with Crippen LogP contribution in [0.2, 0.25) is 0 Å². The number of nitrogens with zero attached hydrogens (tertiary/aromatic N) is 1. The molecule has 0 aromatic heterocycles. The predicted octanol–water partition coefficient (Wildman–Crippen LogP) is 2.68. The molecule has 0 aliphatic rings. The maximum absolute atomic E-state index is 13.2. The average Bonchev–Trinajstić information content (AvgIpc) is 2.82. The molecule has 3 rings (SSSR count). The molecular formula is C25H25N3O4. The number of hydrogen-bond donors (Lipinski definition) is 2. The van der Waals surface area contributed by atoms with E-state index in [0.29, 0.717) is 23.4 Å². The third-order valence-corrected chi connectivity index (χ3v) is 4.83. The van der Waals surface area contributed by atoms with Crippen LogP contribution in [-0.4, -0.2) is 36.3 Å². The molecule has 0 saturated carbocycles. The van der Waals surface area contributed by atoms with Crippen LogP contribution in [0.1, 0.15) is 27.5 Å². The highest BCUT2D eigenvalue weighted by Gasteiger charge is 2.26. The molecule has 0 heterocycles. The van der Waals surface area contributed by atoms with Crippen LogP contribution in [0.15, 0.2) is 84.9 Å². The zero-order valence-corrected chi connectivity index (χ0v) is 17.7. The smallest absolute Gasteiger partial charge is 0.258 e. The highest BCUT2D eigenvalue weighted by atomic mass is 16.5. The van der Waals surface area contributed by atoms with Gasteiger partial charge in [-0.1, -0.05) is 60.7 Å². The summed E-state index contributed by atoms with van der Waals surface area (Å²) < 4.78 is 5.49. The third-order valence-electron chi connectivity index (χ3n) is 4.83. The molecule has 0 radical (unpaired) electrons. The van der Waals surface area contributed by atoms with Gasteiger partial charge in [-0.2, -0.15) is 0 Å². The highest BCUT2D eigenvalue weighted by Crippen LogP contribution is 2.17. The van der Waals surface area contributed by atoms with Crippen LogP contribution in [0.5, 0.6) is 5.75 Å². The Balaban J connectivity index is 1.66. The first-order chi connectivity index (χ1) is 15.4. The van der Waals surface area contributed by atoms with Crippen molar-refractivity contribution >= 4 is 17.7 Å². The first-order valence-corrected chi connectivity index (χ1v) is 10.1. The van der Waals surface area contributed by atoms with Gasteiger partial charge in [0.15, 0.2) is 6.61 Å². The number of nitrogens with one attached hydrogen (secondary N) is 1. The topological polar surface area (TPSA) is 102 Å². The van der Waals surface area contributed by atoms with Crippen LogP contribution in [0.4, 0.5) is 0 Å². The first-order valence-electron chi connectivity index (χ1n) is 10.1. The lowest BCUT2D eigenvalue weighted by Gasteiger charge is -2.25. The lowest BCUT2D eigenvalue weighted by atomic mass is 10.1. The molecule has 0 spiro atoms. The van der Waals surface area contributed by atoms with Crippen molar-refractivity contribution in [1.29, 1.82) is 0 Å². The molecule has 3 N–H and O–H groups in total. The lowest BCUT2D eigenvalue weighted by molar-refractivity contribution is -0.136. The summed E-state index contributed by atoms with van der Waals surface area (Å²) in [6.45, 7) is 0.135. The Morgan fingerprint density at radius 1 is 0.906 bits per heavy atom. The summed E-state index contributed by atoms with van der Waals surface area (Å²) in [7, 11) is 1.70. The van der Waals surface area contributed by atoms with Gasteiger partial charge >= 0.3 is 0 Å². The number of carbonyl (C=O) groups excluding carboxylic acids is 3. The molecule has 1 atom stereocenters. The first kappa shape index (κ1) is 22.6. The maximum atomic E-state index is 13.2. The van der Waals surface area contributed by atoms with E-state index >= 15 is 0 Å². The van der Waals surface area contributed by atoms with Crippen LogP contribution in [0, 0.1) is 0 Å². The van der Waals surface area contributed by atoms with Gasteiger partial charge < -0.3 is 20.7 Å². The fourth-order valence-electron chi connectivity index (χ4n) is 3.16. The van der Waals surface area contributed by atoms with Gasteiger partial charge in [0.1, 0.15) is 11.8 Å². The van der Waals surface area contributed by atoms with Gasteiger partial charge in [-0.05, 0) is 35.4 Å². The minimum atomic E-state index is -0.849. The highest BCUT2D eigenvalue weighted by molar-refractivity contribution is 5.93. The van der Waals surface area contributed by atoms with Crippen molar-refractivity contribution in [3.8, 4) is 5.75 Å². The summed E-state index contributed by atoms with van der Waals surface area (Å²) in [6, 6.07) is 24.0. The Hall–Kier alpha value is -4.13. The minimum absolute atomic E-state index is 0.237. The molecule has 7 nitrogen and oxygen atoms in total. The van der Waals surface area contributed by atoms with Gasteiger partial charge in [-0.3, -0.25) is 14.4 Å². The van der Waals surface area contributed by atoms with E-state index in [1.807, 2.05) is 48.5 Å². The summed E-state index contributed by atoms with van der Waals surface area (Å²) >= 11 is 0. The molecule has 164 valence electrons. The Labute approximate surface area is 186 Å². The summed E-state index contributed by atoms with van der Waals surface area (Å²) in [5.41, 5.74) is 7.23. The number of primary amides is 1. The molecule has 7 heteroatoms. The van der Waals surface area contributed by atoms with Crippen molar-refractivity contribution in [2.75, 3.05) is 13.7 Å². The molecule has 0 bridgehead atoms. The molecular weight excluding hydrogens is 406 g/mol. The molecule has 3 aromatic rings. The molecule has 3 amide bonds.